The number of anilines is 1. The van der Waals surface area contributed by atoms with Crippen LogP contribution >= 0.6 is 0 Å². The molecule has 3 fully saturated rings. The van der Waals surface area contributed by atoms with Crippen LogP contribution < -0.4 is 10.2 Å². The number of benzene rings is 1. The minimum atomic E-state index is -0.0110. The van der Waals surface area contributed by atoms with Crippen molar-refractivity contribution in [1.82, 2.24) is 20.1 Å². The molecule has 36 heavy (non-hydrogen) atoms. The van der Waals surface area contributed by atoms with Crippen LogP contribution in [0.3, 0.4) is 0 Å². The van der Waals surface area contributed by atoms with Crippen LogP contribution in [-0.4, -0.2) is 77.4 Å². The van der Waals surface area contributed by atoms with Gasteiger partial charge in [-0.3, -0.25) is 14.5 Å². The van der Waals surface area contributed by atoms with Gasteiger partial charge in [0.05, 0.1) is 5.56 Å². The lowest BCUT2D eigenvalue weighted by atomic mass is 9.97. The minimum absolute atomic E-state index is 0.0110. The first-order valence-electron chi connectivity index (χ1n) is 13.6. The average Bonchev–Trinajstić information content (AvgIpc) is 3.72. The van der Waals surface area contributed by atoms with E-state index in [9.17, 15) is 9.59 Å². The number of rotatable bonds is 6. The lowest BCUT2D eigenvalue weighted by Gasteiger charge is -2.48. The second kappa shape index (κ2) is 10.6. The summed E-state index contributed by atoms with van der Waals surface area (Å²) in [5.41, 5.74) is 3.68. The summed E-state index contributed by atoms with van der Waals surface area (Å²) in [6.45, 7) is 10.9. The number of piperidine rings is 1. The van der Waals surface area contributed by atoms with E-state index in [1.165, 1.54) is 5.56 Å². The van der Waals surface area contributed by atoms with Gasteiger partial charge < -0.3 is 15.1 Å². The van der Waals surface area contributed by atoms with Gasteiger partial charge in [-0.1, -0.05) is 24.6 Å². The third-order valence-corrected chi connectivity index (χ3v) is 8.04. The maximum atomic E-state index is 12.9. The van der Waals surface area contributed by atoms with Crippen molar-refractivity contribution >= 4 is 17.6 Å². The van der Waals surface area contributed by atoms with Gasteiger partial charge in [-0.2, -0.15) is 0 Å². The molecule has 0 spiro atoms. The van der Waals surface area contributed by atoms with Crippen LogP contribution in [0.25, 0.3) is 0 Å². The Bertz CT molecular complexity index is 1090. The van der Waals surface area contributed by atoms with Crippen LogP contribution in [0.4, 0.5) is 5.82 Å². The van der Waals surface area contributed by atoms with Crippen molar-refractivity contribution in [2.45, 2.75) is 71.0 Å². The summed E-state index contributed by atoms with van der Waals surface area (Å²) in [5, 5.41) is 3.05. The number of likely N-dealkylation sites (tertiary alicyclic amines) is 1. The number of aromatic nitrogens is 1. The number of hydrogen-bond acceptors (Lipinski definition) is 5. The fraction of sp³-hybridized carbons (Fsp3) is 0.552. The predicted octanol–water partition coefficient (Wildman–Crippen LogP) is 3.80. The topological polar surface area (TPSA) is 68.8 Å². The van der Waals surface area contributed by atoms with Crippen LogP contribution in [0.1, 0.15) is 70.9 Å². The number of carbonyl (C=O) groups is 2. The molecule has 2 aromatic rings. The number of pyridine rings is 1. The number of hydrogen-bond donors (Lipinski definition) is 1. The standard InChI is InChI=1S/C29H39N5O2/c1-4-25-19-33(27-21(3)17-23(18-30-27)28(35)31-24-9-10-24)15-16-34(25)26-11-13-32(14-12-26)29(36)22-7-5-20(2)6-8-22/h5-8,17-18,24-26H,4,9-16,19H2,1-3H3,(H,31,35)/t25-/m0/s1. The molecule has 192 valence electrons. The number of nitrogens with zero attached hydrogens (tertiary/aromatic N) is 4. The van der Waals surface area contributed by atoms with Crippen LogP contribution in [0.5, 0.6) is 0 Å². The van der Waals surface area contributed by atoms with Crippen molar-refractivity contribution in [2.24, 2.45) is 0 Å². The van der Waals surface area contributed by atoms with E-state index in [1.807, 2.05) is 42.2 Å². The Balaban J connectivity index is 1.18. The van der Waals surface area contributed by atoms with E-state index in [0.717, 1.165) is 81.8 Å². The molecule has 0 bridgehead atoms. The molecule has 2 aliphatic heterocycles. The van der Waals surface area contributed by atoms with Crippen LogP contribution in [0, 0.1) is 13.8 Å². The van der Waals surface area contributed by atoms with Gasteiger partial charge in [0.2, 0.25) is 0 Å². The lowest BCUT2D eigenvalue weighted by Crippen LogP contribution is -2.58. The zero-order valence-electron chi connectivity index (χ0n) is 21.9. The molecule has 0 radical (unpaired) electrons. The fourth-order valence-corrected chi connectivity index (χ4v) is 5.70. The third kappa shape index (κ3) is 5.41. The SMILES string of the molecule is CC[C@H]1CN(c2ncc(C(=O)NC3CC3)cc2C)CCN1C1CCN(C(=O)c2ccc(C)cc2)CC1. The Kier molecular flexibility index (Phi) is 7.28. The molecule has 1 atom stereocenters. The molecule has 0 unspecified atom stereocenters. The largest absolute Gasteiger partial charge is 0.354 e. The number of amides is 2. The first-order chi connectivity index (χ1) is 17.4. The zero-order valence-corrected chi connectivity index (χ0v) is 21.9. The van der Waals surface area contributed by atoms with E-state index in [0.29, 0.717) is 23.7 Å². The quantitative estimate of drug-likeness (QED) is 0.669. The summed E-state index contributed by atoms with van der Waals surface area (Å²) in [6, 6.07) is 11.2. The highest BCUT2D eigenvalue weighted by atomic mass is 16.2. The van der Waals surface area contributed by atoms with E-state index >= 15 is 0 Å². The number of piperazine rings is 1. The van der Waals surface area contributed by atoms with E-state index in [4.69, 9.17) is 4.98 Å². The molecule has 1 aromatic heterocycles. The lowest BCUT2D eigenvalue weighted by molar-refractivity contribution is 0.0490. The normalized spacial score (nSPS) is 21.5. The molecule has 1 aliphatic carbocycles. The molecule has 1 aromatic carbocycles. The van der Waals surface area contributed by atoms with Gasteiger partial charge in [0.1, 0.15) is 5.82 Å². The van der Waals surface area contributed by atoms with E-state index in [2.05, 4.69) is 29.0 Å². The smallest absolute Gasteiger partial charge is 0.253 e. The second-order valence-electron chi connectivity index (χ2n) is 10.7. The Morgan fingerprint density at radius 1 is 0.972 bits per heavy atom. The van der Waals surface area contributed by atoms with Crippen LogP contribution in [0.2, 0.25) is 0 Å². The molecule has 3 heterocycles. The predicted molar refractivity (Wildman–Crippen MR) is 143 cm³/mol. The molecule has 7 nitrogen and oxygen atoms in total. The molecule has 7 heteroatoms. The summed E-state index contributed by atoms with van der Waals surface area (Å²) < 4.78 is 0. The summed E-state index contributed by atoms with van der Waals surface area (Å²) in [7, 11) is 0. The van der Waals surface area contributed by atoms with Crippen molar-refractivity contribution < 1.29 is 9.59 Å². The van der Waals surface area contributed by atoms with Gasteiger partial charge >= 0.3 is 0 Å². The first kappa shape index (κ1) is 24.8. The maximum Gasteiger partial charge on any atom is 0.253 e. The number of nitrogens with one attached hydrogen (secondary N) is 1. The molecule has 1 N–H and O–H groups in total. The van der Waals surface area contributed by atoms with Gasteiger partial charge in [-0.15, -0.1) is 0 Å². The van der Waals surface area contributed by atoms with Crippen molar-refractivity contribution in [1.29, 1.82) is 0 Å². The van der Waals surface area contributed by atoms with Crippen molar-refractivity contribution in [2.75, 3.05) is 37.6 Å². The number of carbonyl (C=O) groups excluding carboxylic acids is 2. The third-order valence-electron chi connectivity index (χ3n) is 8.04. The molecular weight excluding hydrogens is 450 g/mol. The zero-order chi connectivity index (χ0) is 25.2. The molecule has 3 aliphatic rings. The van der Waals surface area contributed by atoms with Crippen LogP contribution in [0.15, 0.2) is 36.5 Å². The Morgan fingerprint density at radius 2 is 1.69 bits per heavy atom. The summed E-state index contributed by atoms with van der Waals surface area (Å²) in [6.07, 6.45) is 7.03. The number of aryl methyl sites for hydroxylation is 2. The van der Waals surface area contributed by atoms with Gasteiger partial charge in [0.15, 0.2) is 0 Å². The maximum absolute atomic E-state index is 12.9. The van der Waals surface area contributed by atoms with E-state index in [-0.39, 0.29) is 11.8 Å². The molecule has 1 saturated carbocycles. The summed E-state index contributed by atoms with van der Waals surface area (Å²) >= 11 is 0. The van der Waals surface area contributed by atoms with Gasteiger partial charge in [-0.05, 0) is 69.7 Å². The molecular formula is C29H39N5O2. The molecule has 5 rings (SSSR count). The monoisotopic (exact) mass is 489 g/mol. The second-order valence-corrected chi connectivity index (χ2v) is 10.7. The highest BCUT2D eigenvalue weighted by Gasteiger charge is 2.35. The van der Waals surface area contributed by atoms with E-state index < -0.39 is 0 Å². The average molecular weight is 490 g/mol. The molecule has 2 saturated heterocycles. The highest BCUT2D eigenvalue weighted by molar-refractivity contribution is 5.95. The van der Waals surface area contributed by atoms with Crippen LogP contribution in [-0.2, 0) is 0 Å². The van der Waals surface area contributed by atoms with Crippen molar-refractivity contribution in [3.05, 3.63) is 58.8 Å². The molecule has 2 amide bonds. The van der Waals surface area contributed by atoms with Gasteiger partial charge in [0, 0.05) is 62.6 Å². The Labute approximate surface area is 214 Å². The van der Waals surface area contributed by atoms with E-state index in [1.54, 1.807) is 6.20 Å². The first-order valence-corrected chi connectivity index (χ1v) is 13.6. The highest BCUT2D eigenvalue weighted by Crippen LogP contribution is 2.28. The Morgan fingerprint density at radius 3 is 2.33 bits per heavy atom. The summed E-state index contributed by atoms with van der Waals surface area (Å²) in [4.78, 5) is 37.2. The van der Waals surface area contributed by atoms with Crippen molar-refractivity contribution in [3.8, 4) is 0 Å². The van der Waals surface area contributed by atoms with Gasteiger partial charge in [-0.25, -0.2) is 4.98 Å². The van der Waals surface area contributed by atoms with Gasteiger partial charge in [0.25, 0.3) is 11.8 Å². The van der Waals surface area contributed by atoms with Crippen molar-refractivity contribution in [3.63, 3.8) is 0 Å². The fourth-order valence-electron chi connectivity index (χ4n) is 5.70. The summed E-state index contributed by atoms with van der Waals surface area (Å²) in [5.74, 6) is 1.14. The minimum Gasteiger partial charge on any atom is -0.354 e. The Hall–Kier alpha value is -2.93.